The van der Waals surface area contributed by atoms with E-state index in [1.807, 2.05) is 0 Å². The number of imidazole rings is 1. The molecule has 2 heterocycles. The average Bonchev–Trinajstić information content (AvgIpc) is 3.59. The van der Waals surface area contributed by atoms with Gasteiger partial charge in [-0.15, -0.1) is 0 Å². The van der Waals surface area contributed by atoms with Crippen LogP contribution in [0.4, 0.5) is 0 Å². The van der Waals surface area contributed by atoms with Gasteiger partial charge < -0.3 is 4.42 Å². The van der Waals surface area contributed by atoms with Crippen molar-refractivity contribution in [1.82, 2.24) is 9.55 Å². The lowest BCUT2D eigenvalue weighted by Gasteiger charge is -2.18. The molecule has 0 aliphatic rings. The van der Waals surface area contributed by atoms with Gasteiger partial charge in [0.05, 0.1) is 12.6 Å². The number of benzene rings is 5. The van der Waals surface area contributed by atoms with E-state index < -0.39 is 0 Å². The molecule has 7 rings (SSSR count). The van der Waals surface area contributed by atoms with Gasteiger partial charge in [0.25, 0.3) is 5.82 Å². The fraction of sp³-hybridized carbons (Fsp3) is 0.238. The Morgan fingerprint density at radius 3 is 1.93 bits per heavy atom. The Morgan fingerprint density at radius 2 is 1.28 bits per heavy atom. The Bertz CT molecular complexity index is 2200. The highest BCUT2D eigenvalue weighted by Gasteiger charge is 2.33. The van der Waals surface area contributed by atoms with Crippen LogP contribution in [0.25, 0.3) is 61.8 Å². The monoisotopic (exact) mass is 604 g/mol. The molecule has 5 aromatic carbocycles. The third-order valence-corrected chi connectivity index (χ3v) is 9.43. The van der Waals surface area contributed by atoms with Crippen molar-refractivity contribution in [3.05, 3.63) is 125 Å². The van der Waals surface area contributed by atoms with Crippen LogP contribution in [0.15, 0.2) is 101 Å². The second-order valence-corrected chi connectivity index (χ2v) is 13.3. The molecular formula is C42H42N3O+. The topological polar surface area (TPSA) is 34.8 Å². The number of aromatic nitrogens is 3. The molecular weight excluding hydrogens is 562 g/mol. The standard InChI is InChI=1S/C42H42N3O/c1-25(2)32-17-14-18-33(26(3)4)40(32)45-35-20-13-12-19-34(35)44(8)42(45)38-27(5)21-22-36-39(38)43-41(46-36)37-28(6)23-31(24-29(37)7)30-15-10-9-11-16-30/h9-26H,1-8H3/q+1. The van der Waals surface area contributed by atoms with E-state index in [1.165, 1.54) is 39.0 Å². The lowest BCUT2D eigenvalue weighted by molar-refractivity contribution is -0.633. The van der Waals surface area contributed by atoms with E-state index in [-0.39, 0.29) is 0 Å². The first kappa shape index (κ1) is 29.7. The number of nitrogens with zero attached hydrogens (tertiary/aromatic N) is 3. The first-order valence-electron chi connectivity index (χ1n) is 16.4. The summed E-state index contributed by atoms with van der Waals surface area (Å²) in [5.74, 6) is 2.47. The Hall–Kier alpha value is -4.96. The number of hydrogen-bond donors (Lipinski definition) is 0. The van der Waals surface area contributed by atoms with Gasteiger partial charge in [-0.3, -0.25) is 0 Å². The fourth-order valence-corrected chi connectivity index (χ4v) is 7.17. The molecule has 0 fully saturated rings. The zero-order valence-electron chi connectivity index (χ0n) is 28.1. The van der Waals surface area contributed by atoms with Crippen LogP contribution in [0.1, 0.15) is 67.3 Å². The smallest absolute Gasteiger partial charge is 0.297 e. The first-order chi connectivity index (χ1) is 22.2. The fourth-order valence-electron chi connectivity index (χ4n) is 7.17. The number of fused-ring (bicyclic) bond motifs is 2. The number of hydrogen-bond acceptors (Lipinski definition) is 2. The van der Waals surface area contributed by atoms with Crippen molar-refractivity contribution >= 4 is 22.1 Å². The molecule has 4 nitrogen and oxygen atoms in total. The van der Waals surface area contributed by atoms with Crippen molar-refractivity contribution in [3.8, 4) is 39.7 Å². The number of rotatable bonds is 6. The molecule has 7 aromatic rings. The second kappa shape index (κ2) is 11.4. The highest BCUT2D eigenvalue weighted by atomic mass is 16.3. The van der Waals surface area contributed by atoms with E-state index in [0.717, 1.165) is 44.7 Å². The minimum Gasteiger partial charge on any atom is -0.436 e. The summed E-state index contributed by atoms with van der Waals surface area (Å²) in [6.45, 7) is 15.7. The van der Waals surface area contributed by atoms with Crippen molar-refractivity contribution < 1.29 is 8.98 Å². The molecule has 230 valence electrons. The van der Waals surface area contributed by atoms with Crippen LogP contribution >= 0.6 is 0 Å². The summed E-state index contributed by atoms with van der Waals surface area (Å²) >= 11 is 0. The van der Waals surface area contributed by atoms with E-state index in [0.29, 0.717) is 17.7 Å². The Balaban J connectivity index is 1.52. The molecule has 0 radical (unpaired) electrons. The van der Waals surface area contributed by atoms with E-state index in [9.17, 15) is 0 Å². The zero-order chi connectivity index (χ0) is 32.3. The first-order valence-corrected chi connectivity index (χ1v) is 16.4. The van der Waals surface area contributed by atoms with Gasteiger partial charge in [-0.2, -0.15) is 4.57 Å². The molecule has 0 N–H and O–H groups in total. The quantitative estimate of drug-likeness (QED) is 0.177. The summed E-state index contributed by atoms with van der Waals surface area (Å²) in [6, 6.07) is 34.8. The molecule has 0 unspecified atom stereocenters. The van der Waals surface area contributed by atoms with E-state index in [1.54, 1.807) is 0 Å². The van der Waals surface area contributed by atoms with Gasteiger partial charge in [-0.1, -0.05) is 107 Å². The number of aryl methyl sites for hydroxylation is 4. The van der Waals surface area contributed by atoms with Crippen LogP contribution in [0, 0.1) is 20.8 Å². The molecule has 0 bridgehead atoms. The van der Waals surface area contributed by atoms with Crippen molar-refractivity contribution in [2.45, 2.75) is 60.3 Å². The van der Waals surface area contributed by atoms with Crippen molar-refractivity contribution in [1.29, 1.82) is 0 Å². The number of para-hydroxylation sites is 3. The zero-order valence-corrected chi connectivity index (χ0v) is 28.1. The number of oxazole rings is 1. The normalized spacial score (nSPS) is 11.9. The van der Waals surface area contributed by atoms with Crippen LogP contribution in [-0.4, -0.2) is 9.55 Å². The third-order valence-electron chi connectivity index (χ3n) is 9.43. The van der Waals surface area contributed by atoms with Crippen LogP contribution < -0.4 is 4.57 Å². The molecule has 0 amide bonds. The van der Waals surface area contributed by atoms with Gasteiger partial charge in [-0.25, -0.2) is 9.55 Å². The van der Waals surface area contributed by atoms with Gasteiger partial charge in [0.1, 0.15) is 11.2 Å². The predicted molar refractivity (Wildman–Crippen MR) is 191 cm³/mol. The lowest BCUT2D eigenvalue weighted by Crippen LogP contribution is -2.30. The maximum absolute atomic E-state index is 6.63. The molecule has 0 spiro atoms. The summed E-state index contributed by atoms with van der Waals surface area (Å²) < 4.78 is 11.5. The van der Waals surface area contributed by atoms with Gasteiger partial charge in [0.15, 0.2) is 16.6 Å². The molecule has 46 heavy (non-hydrogen) atoms. The van der Waals surface area contributed by atoms with Crippen molar-refractivity contribution in [2.24, 2.45) is 7.05 Å². The van der Waals surface area contributed by atoms with Gasteiger partial charge in [0.2, 0.25) is 5.89 Å². The minimum atomic E-state index is 0.355. The largest absolute Gasteiger partial charge is 0.436 e. The molecule has 0 saturated carbocycles. The maximum Gasteiger partial charge on any atom is 0.297 e. The predicted octanol–water partition coefficient (Wildman–Crippen LogP) is 10.8. The average molecular weight is 605 g/mol. The van der Waals surface area contributed by atoms with Gasteiger partial charge in [-0.05, 0) is 78.6 Å². The Labute approximate surface area is 272 Å². The van der Waals surface area contributed by atoms with Crippen LogP contribution in [-0.2, 0) is 7.05 Å². The third kappa shape index (κ3) is 4.75. The van der Waals surface area contributed by atoms with Gasteiger partial charge >= 0.3 is 0 Å². The minimum absolute atomic E-state index is 0.355. The summed E-state index contributed by atoms with van der Waals surface area (Å²) in [4.78, 5) is 5.31. The Morgan fingerprint density at radius 1 is 0.652 bits per heavy atom. The van der Waals surface area contributed by atoms with Gasteiger partial charge in [0, 0.05) is 16.7 Å². The lowest BCUT2D eigenvalue weighted by atomic mass is 9.92. The van der Waals surface area contributed by atoms with Crippen molar-refractivity contribution in [3.63, 3.8) is 0 Å². The molecule has 0 aliphatic heterocycles. The van der Waals surface area contributed by atoms with Crippen molar-refractivity contribution in [2.75, 3.05) is 0 Å². The maximum atomic E-state index is 6.63. The van der Waals surface area contributed by atoms with E-state index >= 15 is 0 Å². The molecule has 0 saturated heterocycles. The summed E-state index contributed by atoms with van der Waals surface area (Å²) in [7, 11) is 2.18. The summed E-state index contributed by atoms with van der Waals surface area (Å²) in [6.07, 6.45) is 0. The highest BCUT2D eigenvalue weighted by Crippen LogP contribution is 2.41. The van der Waals surface area contributed by atoms with Crippen LogP contribution in [0.3, 0.4) is 0 Å². The van der Waals surface area contributed by atoms with Crippen LogP contribution in [0.5, 0.6) is 0 Å². The summed E-state index contributed by atoms with van der Waals surface area (Å²) in [5, 5.41) is 0. The Kier molecular flexibility index (Phi) is 7.39. The molecule has 0 aliphatic carbocycles. The SMILES string of the molecule is Cc1cc(-c2ccccc2)cc(C)c1-c1nc2c(-c3n(-c4c(C(C)C)cccc4C(C)C)c4ccccc4[n+]3C)c(C)ccc2o1. The van der Waals surface area contributed by atoms with Crippen LogP contribution in [0.2, 0.25) is 0 Å². The molecule has 2 aromatic heterocycles. The van der Waals surface area contributed by atoms with E-state index in [2.05, 4.69) is 162 Å². The molecule has 4 heteroatoms. The van der Waals surface area contributed by atoms with E-state index in [4.69, 9.17) is 9.40 Å². The highest BCUT2D eigenvalue weighted by molar-refractivity contribution is 5.94. The summed E-state index contributed by atoms with van der Waals surface area (Å²) in [5.41, 5.74) is 16.0. The second-order valence-electron chi connectivity index (χ2n) is 13.3. The molecule has 0 atom stereocenters.